The van der Waals surface area contributed by atoms with Gasteiger partial charge < -0.3 is 15.8 Å². The molecule has 0 aromatic carbocycles. The average Bonchev–Trinajstić information content (AvgIpc) is 2.61. The zero-order valence-electron chi connectivity index (χ0n) is 6.65. The molecule has 0 radical (unpaired) electrons. The fourth-order valence-electron chi connectivity index (χ4n) is 1.23. The number of carbonyl (C=O) groups is 1. The molecule has 0 saturated heterocycles. The van der Waals surface area contributed by atoms with E-state index in [2.05, 4.69) is 4.98 Å². The Balaban J connectivity index is 2.54. The number of aliphatic carboxylic acids is 1. The highest BCUT2D eigenvalue weighted by atomic mass is 32.1. The van der Waals surface area contributed by atoms with Crippen molar-refractivity contribution in [1.29, 1.82) is 0 Å². The number of carboxylic acid groups (broad SMARTS) is 1. The molecule has 0 bridgehead atoms. The lowest BCUT2D eigenvalue weighted by molar-refractivity contribution is -0.138. The number of H-pyrrole nitrogens is 1. The third-order valence-electron chi connectivity index (χ3n) is 1.91. The van der Waals surface area contributed by atoms with Gasteiger partial charge in [0.2, 0.25) is 0 Å². The second kappa shape index (κ2) is 2.86. The van der Waals surface area contributed by atoms with Crippen LogP contribution in [0.1, 0.15) is 11.6 Å². The first-order valence-corrected chi connectivity index (χ1v) is 4.61. The highest BCUT2D eigenvalue weighted by molar-refractivity contribution is 7.17. The maximum atomic E-state index is 10.6. The first-order valence-electron chi connectivity index (χ1n) is 3.73. The van der Waals surface area contributed by atoms with Crippen LogP contribution in [0.3, 0.4) is 0 Å². The highest BCUT2D eigenvalue weighted by Crippen LogP contribution is 2.27. The summed E-state index contributed by atoms with van der Waals surface area (Å²) in [5, 5.41) is 10.6. The standard InChI is InChI=1S/C8H8N2O2S/c9-6(8(11)12)4-3-10-5-1-2-13-7(4)5/h1-3,6,10H,9H2,(H,11,12). The molecule has 0 amide bonds. The second-order valence-corrected chi connectivity index (χ2v) is 3.64. The van der Waals surface area contributed by atoms with Gasteiger partial charge in [0.05, 0.1) is 10.2 Å². The summed E-state index contributed by atoms with van der Waals surface area (Å²) in [6.45, 7) is 0. The van der Waals surface area contributed by atoms with Crippen molar-refractivity contribution in [2.45, 2.75) is 6.04 Å². The number of nitrogens with one attached hydrogen (secondary N) is 1. The fraction of sp³-hybridized carbons (Fsp3) is 0.125. The minimum atomic E-state index is -1.01. The van der Waals surface area contributed by atoms with Gasteiger partial charge in [0.15, 0.2) is 0 Å². The van der Waals surface area contributed by atoms with E-state index in [4.69, 9.17) is 10.8 Å². The van der Waals surface area contributed by atoms with Crippen molar-refractivity contribution >= 4 is 27.5 Å². The lowest BCUT2D eigenvalue weighted by Crippen LogP contribution is -2.19. The van der Waals surface area contributed by atoms with Gasteiger partial charge in [0, 0.05) is 11.8 Å². The minimum absolute atomic E-state index is 0.650. The van der Waals surface area contributed by atoms with E-state index in [0.29, 0.717) is 5.56 Å². The van der Waals surface area contributed by atoms with E-state index in [0.717, 1.165) is 10.2 Å². The van der Waals surface area contributed by atoms with E-state index in [1.165, 1.54) is 11.3 Å². The molecule has 0 spiro atoms. The van der Waals surface area contributed by atoms with Crippen molar-refractivity contribution in [3.8, 4) is 0 Å². The average molecular weight is 196 g/mol. The minimum Gasteiger partial charge on any atom is -0.480 e. The largest absolute Gasteiger partial charge is 0.480 e. The highest BCUT2D eigenvalue weighted by Gasteiger charge is 2.18. The summed E-state index contributed by atoms with van der Waals surface area (Å²) >= 11 is 1.49. The number of carboxylic acids is 1. The molecule has 0 aliphatic carbocycles. The molecule has 4 N–H and O–H groups in total. The van der Waals surface area contributed by atoms with Crippen LogP contribution in [0.15, 0.2) is 17.6 Å². The van der Waals surface area contributed by atoms with Gasteiger partial charge in [0.25, 0.3) is 0 Å². The molecule has 0 aliphatic heterocycles. The maximum absolute atomic E-state index is 10.6. The lowest BCUT2D eigenvalue weighted by atomic mass is 10.1. The topological polar surface area (TPSA) is 79.1 Å². The zero-order chi connectivity index (χ0) is 9.42. The van der Waals surface area contributed by atoms with Crippen LogP contribution in [-0.4, -0.2) is 16.1 Å². The Morgan fingerprint density at radius 2 is 2.46 bits per heavy atom. The van der Waals surface area contributed by atoms with Crippen LogP contribution >= 0.6 is 11.3 Å². The molecule has 2 aromatic rings. The molecule has 2 aromatic heterocycles. The van der Waals surface area contributed by atoms with Crippen molar-refractivity contribution in [3.05, 3.63) is 23.2 Å². The third kappa shape index (κ3) is 1.22. The summed E-state index contributed by atoms with van der Waals surface area (Å²) in [7, 11) is 0. The van der Waals surface area contributed by atoms with Crippen molar-refractivity contribution in [2.24, 2.45) is 5.73 Å². The van der Waals surface area contributed by atoms with Gasteiger partial charge in [-0.05, 0) is 11.4 Å². The maximum Gasteiger partial charge on any atom is 0.325 e. The Morgan fingerprint density at radius 1 is 1.69 bits per heavy atom. The van der Waals surface area contributed by atoms with Gasteiger partial charge in [-0.1, -0.05) is 0 Å². The first kappa shape index (κ1) is 8.28. The molecule has 0 fully saturated rings. The molecule has 0 saturated carbocycles. The van der Waals surface area contributed by atoms with E-state index in [-0.39, 0.29) is 0 Å². The van der Waals surface area contributed by atoms with Crippen LogP contribution in [0.2, 0.25) is 0 Å². The van der Waals surface area contributed by atoms with Gasteiger partial charge in [-0.25, -0.2) is 0 Å². The second-order valence-electron chi connectivity index (χ2n) is 2.72. The van der Waals surface area contributed by atoms with Crippen LogP contribution in [0.4, 0.5) is 0 Å². The zero-order valence-corrected chi connectivity index (χ0v) is 7.47. The van der Waals surface area contributed by atoms with Crippen LogP contribution < -0.4 is 5.73 Å². The Labute approximate surface area is 78.0 Å². The van der Waals surface area contributed by atoms with Crippen molar-refractivity contribution < 1.29 is 9.90 Å². The van der Waals surface area contributed by atoms with Crippen molar-refractivity contribution in [2.75, 3.05) is 0 Å². The Morgan fingerprint density at radius 3 is 3.15 bits per heavy atom. The monoisotopic (exact) mass is 196 g/mol. The molecule has 68 valence electrons. The number of rotatable bonds is 2. The number of hydrogen-bond donors (Lipinski definition) is 3. The molecule has 13 heavy (non-hydrogen) atoms. The van der Waals surface area contributed by atoms with E-state index in [9.17, 15) is 4.79 Å². The summed E-state index contributed by atoms with van der Waals surface area (Å²) in [6.07, 6.45) is 1.65. The number of fused-ring (bicyclic) bond motifs is 1. The Kier molecular flexibility index (Phi) is 1.82. The van der Waals surface area contributed by atoms with Crippen LogP contribution in [0.25, 0.3) is 10.2 Å². The molecular formula is C8H8N2O2S. The van der Waals surface area contributed by atoms with Gasteiger partial charge in [-0.2, -0.15) is 0 Å². The predicted octanol–water partition coefficient (Wildman–Crippen LogP) is 1.31. The summed E-state index contributed by atoms with van der Waals surface area (Å²) in [6, 6.07) is 0.963. The summed E-state index contributed by atoms with van der Waals surface area (Å²) in [5.41, 5.74) is 7.09. The molecule has 5 heteroatoms. The van der Waals surface area contributed by atoms with Crippen LogP contribution in [0.5, 0.6) is 0 Å². The quantitative estimate of drug-likeness (QED) is 0.677. The molecule has 0 aliphatic rings. The molecular weight excluding hydrogens is 188 g/mol. The summed E-state index contributed by atoms with van der Waals surface area (Å²) in [5.74, 6) is -1.01. The lowest BCUT2D eigenvalue weighted by Gasteiger charge is -2.02. The molecule has 1 unspecified atom stereocenters. The fourth-order valence-corrected chi connectivity index (χ4v) is 2.15. The van der Waals surface area contributed by atoms with Crippen LogP contribution in [-0.2, 0) is 4.79 Å². The van der Waals surface area contributed by atoms with E-state index < -0.39 is 12.0 Å². The molecule has 2 rings (SSSR count). The van der Waals surface area contributed by atoms with Gasteiger partial charge in [0.1, 0.15) is 6.04 Å². The Hall–Kier alpha value is -1.33. The number of aromatic nitrogens is 1. The number of hydrogen-bond acceptors (Lipinski definition) is 3. The molecule has 4 nitrogen and oxygen atoms in total. The SMILES string of the molecule is NC(C(=O)O)c1c[nH]c2ccsc12. The number of nitrogens with two attached hydrogens (primary N) is 1. The van der Waals surface area contributed by atoms with Crippen molar-refractivity contribution in [3.63, 3.8) is 0 Å². The normalized spacial score (nSPS) is 13.3. The molecule has 1 atom stereocenters. The summed E-state index contributed by atoms with van der Waals surface area (Å²) in [4.78, 5) is 13.6. The van der Waals surface area contributed by atoms with Gasteiger partial charge >= 0.3 is 5.97 Å². The smallest absolute Gasteiger partial charge is 0.325 e. The Bertz CT molecular complexity index is 446. The van der Waals surface area contributed by atoms with E-state index in [1.54, 1.807) is 6.20 Å². The van der Waals surface area contributed by atoms with Gasteiger partial charge in [-0.15, -0.1) is 11.3 Å². The van der Waals surface area contributed by atoms with E-state index in [1.807, 2.05) is 11.4 Å². The first-order chi connectivity index (χ1) is 6.20. The van der Waals surface area contributed by atoms with E-state index >= 15 is 0 Å². The number of aromatic amines is 1. The van der Waals surface area contributed by atoms with Gasteiger partial charge in [-0.3, -0.25) is 4.79 Å². The summed E-state index contributed by atoms with van der Waals surface area (Å²) < 4.78 is 0.926. The predicted molar refractivity (Wildman–Crippen MR) is 50.7 cm³/mol. The molecule has 2 heterocycles. The van der Waals surface area contributed by atoms with Crippen LogP contribution in [0, 0.1) is 0 Å². The number of thiophene rings is 1. The van der Waals surface area contributed by atoms with Crippen molar-refractivity contribution in [1.82, 2.24) is 4.98 Å². The third-order valence-corrected chi connectivity index (χ3v) is 2.88.